The van der Waals surface area contributed by atoms with Gasteiger partial charge in [-0.3, -0.25) is 9.59 Å². The van der Waals surface area contributed by atoms with E-state index in [4.69, 9.17) is 5.73 Å². The Balaban J connectivity index is 2.81. The number of aryl methyl sites for hydroxylation is 1. The first-order valence-electron chi connectivity index (χ1n) is 4.78. The molecular formula is C11H13BrN2O2. The van der Waals surface area contributed by atoms with Crippen LogP contribution in [0.3, 0.4) is 0 Å². The summed E-state index contributed by atoms with van der Waals surface area (Å²) >= 11 is 3.35. The van der Waals surface area contributed by atoms with E-state index < -0.39 is 11.9 Å². The van der Waals surface area contributed by atoms with Crippen molar-refractivity contribution in [2.24, 2.45) is 5.73 Å². The maximum atomic E-state index is 11.7. The van der Waals surface area contributed by atoms with Gasteiger partial charge in [0.25, 0.3) is 5.91 Å². The van der Waals surface area contributed by atoms with Gasteiger partial charge in [0.1, 0.15) is 6.04 Å². The zero-order valence-corrected chi connectivity index (χ0v) is 10.7. The molecule has 0 fully saturated rings. The fourth-order valence-corrected chi connectivity index (χ4v) is 1.38. The van der Waals surface area contributed by atoms with Crippen molar-refractivity contribution < 1.29 is 9.59 Å². The highest BCUT2D eigenvalue weighted by atomic mass is 79.9. The molecule has 1 aromatic carbocycles. The van der Waals surface area contributed by atoms with Crippen LogP contribution >= 0.6 is 15.9 Å². The second-order valence-electron chi connectivity index (χ2n) is 3.56. The number of amides is 2. The van der Waals surface area contributed by atoms with Crippen LogP contribution in [0, 0.1) is 6.92 Å². The van der Waals surface area contributed by atoms with Crippen LogP contribution in [0.1, 0.15) is 22.8 Å². The van der Waals surface area contributed by atoms with Crippen molar-refractivity contribution in [3.63, 3.8) is 0 Å². The third kappa shape index (κ3) is 3.06. The fourth-order valence-electron chi connectivity index (χ4n) is 1.14. The van der Waals surface area contributed by atoms with E-state index in [0.29, 0.717) is 5.56 Å². The van der Waals surface area contributed by atoms with Crippen molar-refractivity contribution in [2.75, 3.05) is 0 Å². The molecule has 1 atom stereocenters. The van der Waals surface area contributed by atoms with Gasteiger partial charge < -0.3 is 11.1 Å². The summed E-state index contributed by atoms with van der Waals surface area (Å²) in [6, 6.07) is 4.54. The molecule has 0 aliphatic carbocycles. The third-order valence-electron chi connectivity index (χ3n) is 2.19. The second-order valence-corrected chi connectivity index (χ2v) is 4.42. The summed E-state index contributed by atoms with van der Waals surface area (Å²) in [5.41, 5.74) is 6.52. The van der Waals surface area contributed by atoms with E-state index in [1.54, 1.807) is 25.1 Å². The standard InChI is InChI=1S/C11H13BrN2O2/c1-6-5-8(3-4-9(6)12)11(16)14-7(2)10(13)15/h3-5,7H,1-2H3,(H2,13,15)(H,14,16)/t7-/m1/s1. The quantitative estimate of drug-likeness (QED) is 0.880. The molecule has 0 aliphatic rings. The normalized spacial score (nSPS) is 11.9. The molecule has 0 aliphatic heterocycles. The van der Waals surface area contributed by atoms with Crippen molar-refractivity contribution >= 4 is 27.7 Å². The molecule has 86 valence electrons. The largest absolute Gasteiger partial charge is 0.368 e. The molecule has 2 amide bonds. The second kappa shape index (κ2) is 5.12. The molecule has 0 aromatic heterocycles. The summed E-state index contributed by atoms with van der Waals surface area (Å²) < 4.78 is 0.937. The van der Waals surface area contributed by atoms with Crippen molar-refractivity contribution in [2.45, 2.75) is 19.9 Å². The maximum Gasteiger partial charge on any atom is 0.251 e. The van der Waals surface area contributed by atoms with Crippen LogP contribution < -0.4 is 11.1 Å². The number of benzene rings is 1. The van der Waals surface area contributed by atoms with Crippen molar-refractivity contribution in [3.05, 3.63) is 33.8 Å². The number of halogens is 1. The smallest absolute Gasteiger partial charge is 0.251 e. The lowest BCUT2D eigenvalue weighted by Crippen LogP contribution is -2.42. The van der Waals surface area contributed by atoms with Gasteiger partial charge in [0.2, 0.25) is 5.91 Å². The van der Waals surface area contributed by atoms with E-state index in [-0.39, 0.29) is 5.91 Å². The Morgan fingerprint density at radius 3 is 2.56 bits per heavy atom. The first-order chi connectivity index (χ1) is 7.41. The predicted octanol–water partition coefficient (Wildman–Crippen LogP) is 1.36. The molecule has 0 heterocycles. The first kappa shape index (κ1) is 12.7. The van der Waals surface area contributed by atoms with E-state index in [1.165, 1.54) is 0 Å². The van der Waals surface area contributed by atoms with Crippen molar-refractivity contribution in [3.8, 4) is 0 Å². The Bertz CT molecular complexity index is 432. The maximum absolute atomic E-state index is 11.7. The minimum Gasteiger partial charge on any atom is -0.368 e. The van der Waals surface area contributed by atoms with Crippen molar-refractivity contribution in [1.82, 2.24) is 5.32 Å². The SMILES string of the molecule is Cc1cc(C(=O)N[C@H](C)C(N)=O)ccc1Br. The van der Waals surface area contributed by atoms with Gasteiger partial charge in [0, 0.05) is 10.0 Å². The number of hydrogen-bond donors (Lipinski definition) is 2. The Labute approximate surface area is 102 Å². The lowest BCUT2D eigenvalue weighted by atomic mass is 10.1. The average Bonchev–Trinajstić information content (AvgIpc) is 2.21. The van der Waals surface area contributed by atoms with Gasteiger partial charge in [-0.25, -0.2) is 0 Å². The molecular weight excluding hydrogens is 272 g/mol. The molecule has 0 radical (unpaired) electrons. The summed E-state index contributed by atoms with van der Waals surface area (Å²) in [7, 11) is 0. The highest BCUT2D eigenvalue weighted by molar-refractivity contribution is 9.10. The Hall–Kier alpha value is -1.36. The molecule has 4 nitrogen and oxygen atoms in total. The molecule has 1 rings (SSSR count). The van der Waals surface area contributed by atoms with E-state index in [2.05, 4.69) is 21.2 Å². The highest BCUT2D eigenvalue weighted by Gasteiger charge is 2.13. The zero-order valence-electron chi connectivity index (χ0n) is 9.08. The topological polar surface area (TPSA) is 72.2 Å². The summed E-state index contributed by atoms with van der Waals surface area (Å²) in [4.78, 5) is 22.5. The third-order valence-corrected chi connectivity index (χ3v) is 3.08. The summed E-state index contributed by atoms with van der Waals surface area (Å²) in [6.07, 6.45) is 0. The predicted molar refractivity (Wildman–Crippen MR) is 65.0 cm³/mol. The van der Waals surface area contributed by atoms with Crippen LogP contribution in [0.5, 0.6) is 0 Å². The van der Waals surface area contributed by atoms with E-state index >= 15 is 0 Å². The van der Waals surface area contributed by atoms with Gasteiger partial charge in [-0.1, -0.05) is 15.9 Å². The summed E-state index contributed by atoms with van der Waals surface area (Å²) in [5, 5.41) is 2.51. The summed E-state index contributed by atoms with van der Waals surface area (Å²) in [6.45, 7) is 3.43. The molecule has 0 unspecified atom stereocenters. The molecule has 0 bridgehead atoms. The molecule has 3 N–H and O–H groups in total. The van der Waals surface area contributed by atoms with Crippen LogP contribution in [0.4, 0.5) is 0 Å². The van der Waals surface area contributed by atoms with Gasteiger partial charge in [-0.15, -0.1) is 0 Å². The average molecular weight is 285 g/mol. The number of carbonyl (C=O) groups excluding carboxylic acids is 2. The molecule has 1 aromatic rings. The minimum absolute atomic E-state index is 0.304. The van der Waals surface area contributed by atoms with Gasteiger partial charge in [-0.2, -0.15) is 0 Å². The van der Waals surface area contributed by atoms with E-state index in [9.17, 15) is 9.59 Å². The van der Waals surface area contributed by atoms with Crippen LogP contribution in [-0.2, 0) is 4.79 Å². The Kier molecular flexibility index (Phi) is 4.06. The Morgan fingerprint density at radius 2 is 2.06 bits per heavy atom. The number of carbonyl (C=O) groups is 2. The molecule has 5 heteroatoms. The highest BCUT2D eigenvalue weighted by Crippen LogP contribution is 2.16. The lowest BCUT2D eigenvalue weighted by molar-refractivity contribution is -0.119. The molecule has 16 heavy (non-hydrogen) atoms. The van der Waals surface area contributed by atoms with Gasteiger partial charge >= 0.3 is 0 Å². The van der Waals surface area contributed by atoms with Crippen molar-refractivity contribution in [1.29, 1.82) is 0 Å². The first-order valence-corrected chi connectivity index (χ1v) is 5.57. The zero-order chi connectivity index (χ0) is 12.3. The van der Waals surface area contributed by atoms with Crippen LogP contribution in [0.2, 0.25) is 0 Å². The monoisotopic (exact) mass is 284 g/mol. The van der Waals surface area contributed by atoms with E-state index in [0.717, 1.165) is 10.0 Å². The number of hydrogen-bond acceptors (Lipinski definition) is 2. The lowest BCUT2D eigenvalue weighted by Gasteiger charge is -2.10. The minimum atomic E-state index is -0.670. The van der Waals surface area contributed by atoms with Gasteiger partial charge in [0.05, 0.1) is 0 Å². The van der Waals surface area contributed by atoms with E-state index in [1.807, 2.05) is 6.92 Å². The fraction of sp³-hybridized carbons (Fsp3) is 0.273. The molecule has 0 saturated heterocycles. The van der Waals surface area contributed by atoms with Crippen LogP contribution in [0.15, 0.2) is 22.7 Å². The van der Waals surface area contributed by atoms with Gasteiger partial charge in [-0.05, 0) is 37.6 Å². The number of rotatable bonds is 3. The Morgan fingerprint density at radius 1 is 1.44 bits per heavy atom. The number of nitrogens with two attached hydrogens (primary N) is 1. The number of primary amides is 1. The molecule has 0 saturated carbocycles. The summed E-state index contributed by atoms with van der Waals surface area (Å²) in [5.74, 6) is -0.857. The molecule has 0 spiro atoms. The number of nitrogens with one attached hydrogen (secondary N) is 1. The van der Waals surface area contributed by atoms with Crippen LogP contribution in [-0.4, -0.2) is 17.9 Å². The van der Waals surface area contributed by atoms with Crippen LogP contribution in [0.25, 0.3) is 0 Å². The van der Waals surface area contributed by atoms with Gasteiger partial charge in [0.15, 0.2) is 0 Å².